The van der Waals surface area contributed by atoms with Gasteiger partial charge in [0.1, 0.15) is 5.02 Å². The highest BCUT2D eigenvalue weighted by atomic mass is 35.5. The van der Waals surface area contributed by atoms with Gasteiger partial charge in [-0.15, -0.1) is 0 Å². The number of hydrogen-bond donors (Lipinski definition) is 1. The molecule has 0 unspecified atom stereocenters. The van der Waals surface area contributed by atoms with Crippen molar-refractivity contribution >= 4 is 11.6 Å². The molecule has 0 spiro atoms. The van der Waals surface area contributed by atoms with Crippen molar-refractivity contribution in [3.05, 3.63) is 32.1 Å². The summed E-state index contributed by atoms with van der Waals surface area (Å²) in [4.78, 5) is 27.1. The van der Waals surface area contributed by atoms with E-state index in [9.17, 15) is 9.59 Å². The van der Waals surface area contributed by atoms with Gasteiger partial charge < -0.3 is 4.90 Å². The monoisotopic (exact) mass is 257 g/mol. The first kappa shape index (κ1) is 12.4. The molecule has 5 nitrogen and oxygen atoms in total. The number of H-pyrrole nitrogens is 1. The summed E-state index contributed by atoms with van der Waals surface area (Å²) >= 11 is 5.69. The second-order valence-electron chi connectivity index (χ2n) is 4.33. The maximum atomic E-state index is 11.5. The maximum absolute atomic E-state index is 11.5. The van der Waals surface area contributed by atoms with Crippen LogP contribution in [-0.2, 0) is 6.54 Å². The topological polar surface area (TPSA) is 58.1 Å². The predicted octanol–water partition coefficient (Wildman–Crippen LogP) is 0.676. The van der Waals surface area contributed by atoms with Crippen molar-refractivity contribution in [2.45, 2.75) is 25.8 Å². The van der Waals surface area contributed by atoms with Crippen LogP contribution in [0.5, 0.6) is 0 Å². The number of likely N-dealkylation sites (tertiary alicyclic amines) is 1. The third kappa shape index (κ3) is 3.20. The molecule has 17 heavy (non-hydrogen) atoms. The summed E-state index contributed by atoms with van der Waals surface area (Å²) in [6, 6.07) is 0. The van der Waals surface area contributed by atoms with Crippen molar-refractivity contribution in [2.75, 3.05) is 19.6 Å². The van der Waals surface area contributed by atoms with Crippen LogP contribution in [0.15, 0.2) is 15.8 Å². The van der Waals surface area contributed by atoms with E-state index in [0.717, 1.165) is 19.6 Å². The summed E-state index contributed by atoms with van der Waals surface area (Å²) in [6.07, 6.45) is 5.15. The standard InChI is InChI=1S/C11H16ClN3O2/c12-9-8-15(11(17)13-10(9)16)7-6-14-4-2-1-3-5-14/h8H,1-7H2,(H,13,16,17). The van der Waals surface area contributed by atoms with Gasteiger partial charge in [-0.3, -0.25) is 14.3 Å². The fourth-order valence-electron chi connectivity index (χ4n) is 2.08. The molecule has 1 aromatic heterocycles. The van der Waals surface area contributed by atoms with Gasteiger partial charge in [0.2, 0.25) is 0 Å². The van der Waals surface area contributed by atoms with Gasteiger partial charge in [-0.25, -0.2) is 4.79 Å². The van der Waals surface area contributed by atoms with E-state index in [1.807, 2.05) is 0 Å². The van der Waals surface area contributed by atoms with E-state index in [0.29, 0.717) is 6.54 Å². The van der Waals surface area contributed by atoms with Crippen molar-refractivity contribution in [3.63, 3.8) is 0 Å². The van der Waals surface area contributed by atoms with Crippen LogP contribution in [-0.4, -0.2) is 34.1 Å². The molecule has 0 aliphatic carbocycles. The average Bonchev–Trinajstić information content (AvgIpc) is 2.33. The predicted molar refractivity (Wildman–Crippen MR) is 66.6 cm³/mol. The third-order valence-electron chi connectivity index (χ3n) is 3.07. The molecule has 1 aliphatic rings. The summed E-state index contributed by atoms with van der Waals surface area (Å²) in [5, 5.41) is 0.0586. The summed E-state index contributed by atoms with van der Waals surface area (Å²) in [5.74, 6) is 0. The largest absolute Gasteiger partial charge is 0.328 e. The zero-order valence-corrected chi connectivity index (χ0v) is 10.4. The molecule has 94 valence electrons. The van der Waals surface area contributed by atoms with Crippen LogP contribution in [0.3, 0.4) is 0 Å². The van der Waals surface area contributed by atoms with Gasteiger partial charge in [0.15, 0.2) is 0 Å². The molecule has 0 bridgehead atoms. The Morgan fingerprint density at radius 2 is 1.88 bits per heavy atom. The Balaban J connectivity index is 2.01. The highest BCUT2D eigenvalue weighted by Crippen LogP contribution is 2.08. The van der Waals surface area contributed by atoms with Gasteiger partial charge >= 0.3 is 5.69 Å². The Kier molecular flexibility index (Phi) is 4.02. The average molecular weight is 258 g/mol. The lowest BCUT2D eigenvalue weighted by Gasteiger charge is -2.26. The normalized spacial score (nSPS) is 17.2. The molecule has 0 saturated carbocycles. The molecule has 1 aromatic rings. The van der Waals surface area contributed by atoms with E-state index in [4.69, 9.17) is 11.6 Å². The van der Waals surface area contributed by atoms with Gasteiger partial charge in [-0.05, 0) is 25.9 Å². The van der Waals surface area contributed by atoms with Crippen LogP contribution in [0.2, 0.25) is 5.02 Å². The Morgan fingerprint density at radius 3 is 2.59 bits per heavy atom. The zero-order chi connectivity index (χ0) is 12.3. The summed E-state index contributed by atoms with van der Waals surface area (Å²) < 4.78 is 1.46. The minimum absolute atomic E-state index is 0.0586. The van der Waals surface area contributed by atoms with Crippen molar-refractivity contribution < 1.29 is 0 Å². The molecule has 0 radical (unpaired) electrons. The first-order valence-electron chi connectivity index (χ1n) is 5.88. The number of aromatic nitrogens is 2. The first-order chi connectivity index (χ1) is 8.16. The Bertz CT molecular complexity index is 488. The second-order valence-corrected chi connectivity index (χ2v) is 4.74. The number of hydrogen-bond acceptors (Lipinski definition) is 3. The molecule has 2 rings (SSSR count). The molecule has 0 aromatic carbocycles. The molecule has 1 saturated heterocycles. The van der Waals surface area contributed by atoms with E-state index < -0.39 is 11.2 Å². The van der Waals surface area contributed by atoms with E-state index in [1.54, 1.807) is 0 Å². The van der Waals surface area contributed by atoms with Crippen molar-refractivity contribution in [1.82, 2.24) is 14.5 Å². The van der Waals surface area contributed by atoms with E-state index in [-0.39, 0.29) is 5.02 Å². The lowest BCUT2D eigenvalue weighted by atomic mass is 10.1. The first-order valence-corrected chi connectivity index (χ1v) is 6.26. The van der Waals surface area contributed by atoms with Crippen LogP contribution in [0.1, 0.15) is 19.3 Å². The summed E-state index contributed by atoms with van der Waals surface area (Å²) in [5.41, 5.74) is -0.915. The Labute approximate surface area is 104 Å². The number of nitrogens with zero attached hydrogens (tertiary/aromatic N) is 2. The van der Waals surface area contributed by atoms with Crippen molar-refractivity contribution in [2.24, 2.45) is 0 Å². The van der Waals surface area contributed by atoms with Gasteiger partial charge in [0, 0.05) is 19.3 Å². The molecule has 1 aliphatic heterocycles. The maximum Gasteiger partial charge on any atom is 0.328 e. The van der Waals surface area contributed by atoms with E-state index in [1.165, 1.54) is 30.0 Å². The van der Waals surface area contributed by atoms with Crippen molar-refractivity contribution in [3.8, 4) is 0 Å². The number of piperidine rings is 1. The Hall–Kier alpha value is -1.07. The minimum Gasteiger partial charge on any atom is -0.302 e. The quantitative estimate of drug-likeness (QED) is 0.866. The van der Waals surface area contributed by atoms with Crippen LogP contribution < -0.4 is 11.2 Å². The number of rotatable bonds is 3. The summed E-state index contributed by atoms with van der Waals surface area (Å²) in [6.45, 7) is 3.56. The lowest BCUT2D eigenvalue weighted by molar-refractivity contribution is 0.219. The van der Waals surface area contributed by atoms with Gasteiger partial charge in [0.25, 0.3) is 5.56 Å². The zero-order valence-electron chi connectivity index (χ0n) is 9.62. The van der Waals surface area contributed by atoms with Gasteiger partial charge in [-0.2, -0.15) is 0 Å². The molecule has 6 heteroatoms. The number of halogens is 1. The molecule has 1 N–H and O–H groups in total. The van der Waals surface area contributed by atoms with E-state index >= 15 is 0 Å². The van der Waals surface area contributed by atoms with Crippen molar-refractivity contribution in [1.29, 1.82) is 0 Å². The van der Waals surface area contributed by atoms with Crippen LogP contribution in [0.25, 0.3) is 0 Å². The fourth-order valence-corrected chi connectivity index (χ4v) is 2.25. The molecule has 0 atom stereocenters. The van der Waals surface area contributed by atoms with Crippen LogP contribution in [0.4, 0.5) is 0 Å². The smallest absolute Gasteiger partial charge is 0.302 e. The fraction of sp³-hybridized carbons (Fsp3) is 0.636. The highest BCUT2D eigenvalue weighted by molar-refractivity contribution is 6.30. The van der Waals surface area contributed by atoms with Gasteiger partial charge in [0.05, 0.1) is 0 Å². The lowest BCUT2D eigenvalue weighted by Crippen LogP contribution is -2.36. The van der Waals surface area contributed by atoms with Gasteiger partial charge in [-0.1, -0.05) is 18.0 Å². The third-order valence-corrected chi connectivity index (χ3v) is 3.34. The molecular weight excluding hydrogens is 242 g/mol. The summed E-state index contributed by atoms with van der Waals surface area (Å²) in [7, 11) is 0. The molecule has 1 fully saturated rings. The van der Waals surface area contributed by atoms with Crippen LogP contribution >= 0.6 is 11.6 Å². The SMILES string of the molecule is O=c1[nH]c(=O)n(CCN2CCCCC2)cc1Cl. The van der Waals surface area contributed by atoms with Crippen LogP contribution in [0, 0.1) is 0 Å². The number of aromatic amines is 1. The molecular formula is C11H16ClN3O2. The number of nitrogens with one attached hydrogen (secondary N) is 1. The molecule has 0 amide bonds. The minimum atomic E-state index is -0.522. The second kappa shape index (κ2) is 5.51. The molecule has 2 heterocycles. The van der Waals surface area contributed by atoms with E-state index in [2.05, 4.69) is 9.88 Å². The highest BCUT2D eigenvalue weighted by Gasteiger charge is 2.10. The Morgan fingerprint density at radius 1 is 1.18 bits per heavy atom.